The van der Waals surface area contributed by atoms with Crippen molar-refractivity contribution in [2.75, 3.05) is 25.0 Å². The third-order valence-corrected chi connectivity index (χ3v) is 4.48. The van der Waals surface area contributed by atoms with E-state index in [1.807, 2.05) is 4.68 Å². The van der Waals surface area contributed by atoms with E-state index in [0.29, 0.717) is 0 Å². The zero-order valence-corrected chi connectivity index (χ0v) is 13.6. The summed E-state index contributed by atoms with van der Waals surface area (Å²) in [4.78, 5) is 2.42. The van der Waals surface area contributed by atoms with Crippen molar-refractivity contribution in [3.05, 3.63) is 11.3 Å². The van der Waals surface area contributed by atoms with E-state index in [9.17, 15) is 0 Å². The molecule has 4 nitrogen and oxygen atoms in total. The van der Waals surface area contributed by atoms with Gasteiger partial charge >= 0.3 is 0 Å². The molecular weight excluding hydrogens is 248 g/mol. The lowest BCUT2D eigenvalue weighted by Crippen LogP contribution is -2.29. The Morgan fingerprint density at radius 3 is 2.65 bits per heavy atom. The van der Waals surface area contributed by atoms with Gasteiger partial charge in [0, 0.05) is 32.7 Å². The molecule has 0 radical (unpaired) electrons. The zero-order valence-electron chi connectivity index (χ0n) is 13.6. The van der Waals surface area contributed by atoms with Crippen molar-refractivity contribution in [3.63, 3.8) is 0 Å². The molecule has 114 valence electrons. The molecule has 0 spiro atoms. The third kappa shape index (κ3) is 3.54. The smallest absolute Gasteiger partial charge is 0.131 e. The summed E-state index contributed by atoms with van der Waals surface area (Å²) in [5, 5.41) is 8.05. The number of hydrogen-bond acceptors (Lipinski definition) is 3. The van der Waals surface area contributed by atoms with Crippen LogP contribution in [0.1, 0.15) is 50.3 Å². The maximum atomic E-state index is 4.61. The molecule has 0 saturated heterocycles. The lowest BCUT2D eigenvalue weighted by molar-refractivity contribution is 0.360. The number of nitrogens with one attached hydrogen (secondary N) is 1. The van der Waals surface area contributed by atoms with Crippen molar-refractivity contribution in [1.82, 2.24) is 15.1 Å². The molecule has 1 N–H and O–H groups in total. The Hall–Kier alpha value is -1.03. The molecule has 1 aliphatic carbocycles. The van der Waals surface area contributed by atoms with Gasteiger partial charge in [-0.2, -0.15) is 5.10 Å². The monoisotopic (exact) mass is 278 g/mol. The molecule has 1 aromatic heterocycles. The summed E-state index contributed by atoms with van der Waals surface area (Å²) in [5.74, 6) is 2.14. The van der Waals surface area contributed by atoms with Crippen LogP contribution in [0.2, 0.25) is 0 Å². The Labute approximate surface area is 123 Å². The van der Waals surface area contributed by atoms with Crippen molar-refractivity contribution in [2.45, 2.75) is 52.5 Å². The van der Waals surface area contributed by atoms with Crippen LogP contribution in [0, 0.1) is 12.8 Å². The number of nitrogens with zero attached hydrogens (tertiary/aromatic N) is 3. The van der Waals surface area contributed by atoms with Gasteiger partial charge in [0.2, 0.25) is 0 Å². The molecule has 4 heteroatoms. The molecule has 1 aromatic rings. The Morgan fingerprint density at radius 2 is 2.00 bits per heavy atom. The lowest BCUT2D eigenvalue weighted by Gasteiger charge is -2.29. The quantitative estimate of drug-likeness (QED) is 0.868. The Bertz CT molecular complexity index is 418. The van der Waals surface area contributed by atoms with E-state index in [4.69, 9.17) is 0 Å². The Kier molecular flexibility index (Phi) is 5.46. The highest BCUT2D eigenvalue weighted by atomic mass is 15.4. The molecule has 0 atom stereocenters. The fourth-order valence-electron chi connectivity index (χ4n) is 3.47. The molecule has 0 unspecified atom stereocenters. The van der Waals surface area contributed by atoms with Gasteiger partial charge < -0.3 is 10.2 Å². The van der Waals surface area contributed by atoms with Crippen LogP contribution in [-0.4, -0.2) is 29.9 Å². The van der Waals surface area contributed by atoms with Gasteiger partial charge in [-0.25, -0.2) is 0 Å². The highest BCUT2D eigenvalue weighted by Crippen LogP contribution is 2.28. The molecule has 0 aliphatic heterocycles. The molecule has 20 heavy (non-hydrogen) atoms. The highest BCUT2D eigenvalue weighted by molar-refractivity contribution is 5.49. The van der Waals surface area contributed by atoms with Crippen molar-refractivity contribution < 1.29 is 0 Å². The summed E-state index contributed by atoms with van der Waals surface area (Å²) in [6, 6.07) is 0. The van der Waals surface area contributed by atoms with Crippen LogP contribution in [0.3, 0.4) is 0 Å². The first-order valence-corrected chi connectivity index (χ1v) is 8.07. The Morgan fingerprint density at radius 1 is 1.30 bits per heavy atom. The van der Waals surface area contributed by atoms with Gasteiger partial charge in [-0.15, -0.1) is 0 Å². The zero-order chi connectivity index (χ0) is 14.5. The van der Waals surface area contributed by atoms with E-state index in [0.717, 1.165) is 31.2 Å². The summed E-state index contributed by atoms with van der Waals surface area (Å²) < 4.78 is 2.05. The van der Waals surface area contributed by atoms with Crippen LogP contribution in [0.4, 0.5) is 5.82 Å². The second kappa shape index (κ2) is 7.11. The summed E-state index contributed by atoms with van der Waals surface area (Å²) in [6.45, 7) is 7.35. The fraction of sp³-hybridized carbons (Fsp3) is 0.812. The van der Waals surface area contributed by atoms with Crippen LogP contribution in [-0.2, 0) is 13.6 Å². The average molecular weight is 278 g/mol. The number of anilines is 1. The first-order chi connectivity index (χ1) is 9.63. The molecule has 0 amide bonds. The van der Waals surface area contributed by atoms with Gasteiger partial charge in [0.25, 0.3) is 0 Å². The average Bonchev–Trinajstić information content (AvgIpc) is 2.71. The van der Waals surface area contributed by atoms with Gasteiger partial charge in [0.05, 0.1) is 5.69 Å². The van der Waals surface area contributed by atoms with Crippen LogP contribution >= 0.6 is 0 Å². The number of aryl methyl sites for hydroxylation is 2. The summed E-state index contributed by atoms with van der Waals surface area (Å²) in [5.41, 5.74) is 2.51. The summed E-state index contributed by atoms with van der Waals surface area (Å²) in [7, 11) is 4.29. The second-order valence-electron chi connectivity index (χ2n) is 6.18. The Balaban J connectivity index is 2.09. The molecule has 0 aromatic carbocycles. The van der Waals surface area contributed by atoms with Crippen molar-refractivity contribution in [3.8, 4) is 0 Å². The predicted octanol–water partition coefficient (Wildman–Crippen LogP) is 2.85. The number of rotatable bonds is 6. The van der Waals surface area contributed by atoms with E-state index in [1.165, 1.54) is 43.5 Å². The number of hydrogen-bond donors (Lipinski definition) is 1. The number of aromatic nitrogens is 2. The van der Waals surface area contributed by atoms with Crippen LogP contribution in [0.25, 0.3) is 0 Å². The van der Waals surface area contributed by atoms with Gasteiger partial charge in [-0.3, -0.25) is 4.68 Å². The minimum absolute atomic E-state index is 0.857. The second-order valence-corrected chi connectivity index (χ2v) is 6.18. The van der Waals surface area contributed by atoms with Gasteiger partial charge in [0.15, 0.2) is 0 Å². The van der Waals surface area contributed by atoms with E-state index in [-0.39, 0.29) is 0 Å². The van der Waals surface area contributed by atoms with E-state index in [2.05, 4.69) is 43.3 Å². The van der Waals surface area contributed by atoms with Crippen molar-refractivity contribution >= 4 is 5.82 Å². The van der Waals surface area contributed by atoms with E-state index >= 15 is 0 Å². The van der Waals surface area contributed by atoms with Gasteiger partial charge in [-0.05, 0) is 32.2 Å². The molecule has 2 rings (SSSR count). The highest BCUT2D eigenvalue weighted by Gasteiger charge is 2.20. The maximum Gasteiger partial charge on any atom is 0.131 e. The summed E-state index contributed by atoms with van der Waals surface area (Å²) in [6.07, 6.45) is 7.03. The van der Waals surface area contributed by atoms with Crippen LogP contribution < -0.4 is 10.2 Å². The van der Waals surface area contributed by atoms with Gasteiger partial charge in [0.1, 0.15) is 5.82 Å². The SMILES string of the molecule is CCNCc1c(C)nn(C)c1N(C)CC1CCCCC1. The molecular formula is C16H30N4. The van der Waals surface area contributed by atoms with E-state index < -0.39 is 0 Å². The minimum Gasteiger partial charge on any atom is -0.359 e. The molecule has 1 saturated carbocycles. The standard InChI is InChI=1S/C16H30N4/c1-5-17-11-15-13(2)18-20(4)16(15)19(3)12-14-9-7-6-8-10-14/h14,17H,5-12H2,1-4H3. The lowest BCUT2D eigenvalue weighted by atomic mass is 9.89. The van der Waals surface area contributed by atoms with Crippen LogP contribution in [0.15, 0.2) is 0 Å². The normalized spacial score (nSPS) is 16.6. The first kappa shape index (κ1) is 15.4. The largest absolute Gasteiger partial charge is 0.359 e. The minimum atomic E-state index is 0.857. The van der Waals surface area contributed by atoms with Gasteiger partial charge in [-0.1, -0.05) is 26.2 Å². The van der Waals surface area contributed by atoms with Crippen LogP contribution in [0.5, 0.6) is 0 Å². The predicted molar refractivity (Wildman–Crippen MR) is 85.2 cm³/mol. The maximum absolute atomic E-state index is 4.61. The molecule has 0 bridgehead atoms. The molecule has 1 heterocycles. The summed E-state index contributed by atoms with van der Waals surface area (Å²) >= 11 is 0. The van der Waals surface area contributed by atoms with Crippen molar-refractivity contribution in [1.29, 1.82) is 0 Å². The topological polar surface area (TPSA) is 33.1 Å². The van der Waals surface area contributed by atoms with E-state index in [1.54, 1.807) is 0 Å². The first-order valence-electron chi connectivity index (χ1n) is 8.07. The molecule has 1 fully saturated rings. The molecule has 1 aliphatic rings. The third-order valence-electron chi connectivity index (χ3n) is 4.48. The van der Waals surface area contributed by atoms with Crippen molar-refractivity contribution in [2.24, 2.45) is 13.0 Å². The fourth-order valence-corrected chi connectivity index (χ4v) is 3.47.